The van der Waals surface area contributed by atoms with E-state index < -0.39 is 0 Å². The van der Waals surface area contributed by atoms with E-state index in [4.69, 9.17) is 9.84 Å². The Morgan fingerprint density at radius 2 is 2.31 bits per heavy atom. The van der Waals surface area contributed by atoms with Gasteiger partial charge in [-0.25, -0.2) is 0 Å². The molecule has 0 aromatic heterocycles. The molecule has 1 unspecified atom stereocenters. The fraction of sp³-hybridized carbons (Fsp3) is 0.700. The lowest BCUT2D eigenvalue weighted by molar-refractivity contribution is -0.116. The van der Waals surface area contributed by atoms with Crippen LogP contribution in [0.1, 0.15) is 26.7 Å². The highest BCUT2D eigenvalue weighted by Crippen LogP contribution is 2.23. The molecule has 1 N–H and O–H groups in total. The maximum Gasteiger partial charge on any atom is 0.159 e. The van der Waals surface area contributed by atoms with Crippen molar-refractivity contribution < 1.29 is 14.6 Å². The first-order valence-corrected chi connectivity index (χ1v) is 4.62. The number of allylic oxidation sites excluding steroid dienone is 2. The highest BCUT2D eigenvalue weighted by molar-refractivity contribution is 5.91. The van der Waals surface area contributed by atoms with E-state index in [-0.39, 0.29) is 24.4 Å². The lowest BCUT2D eigenvalue weighted by Gasteiger charge is -2.21. The molecule has 0 fully saturated rings. The number of aliphatic hydroxyl groups is 1. The van der Waals surface area contributed by atoms with E-state index in [1.807, 2.05) is 13.8 Å². The number of carbonyl (C=O) groups excluding carboxylic acids is 1. The minimum Gasteiger partial charge on any atom is -0.495 e. The molecule has 13 heavy (non-hydrogen) atoms. The van der Waals surface area contributed by atoms with Crippen LogP contribution in [0.2, 0.25) is 0 Å². The molecule has 0 aliphatic heterocycles. The Bertz CT molecular complexity index is 218. The van der Waals surface area contributed by atoms with Crippen molar-refractivity contribution in [3.63, 3.8) is 0 Å². The fourth-order valence-corrected chi connectivity index (χ4v) is 1.45. The molecule has 0 amide bonds. The third-order valence-corrected chi connectivity index (χ3v) is 1.95. The molecule has 0 heterocycles. The second-order valence-electron chi connectivity index (χ2n) is 3.70. The second-order valence-corrected chi connectivity index (χ2v) is 3.70. The van der Waals surface area contributed by atoms with E-state index >= 15 is 0 Å². The topological polar surface area (TPSA) is 46.5 Å². The molecule has 0 aromatic rings. The molecule has 3 nitrogen and oxygen atoms in total. The van der Waals surface area contributed by atoms with Gasteiger partial charge in [0.25, 0.3) is 0 Å². The molecule has 0 aromatic carbocycles. The number of ketones is 1. The first kappa shape index (κ1) is 10.3. The van der Waals surface area contributed by atoms with Crippen molar-refractivity contribution in [2.24, 2.45) is 5.92 Å². The molecule has 3 heteroatoms. The number of carbonyl (C=O) groups is 1. The summed E-state index contributed by atoms with van der Waals surface area (Å²) in [5, 5.41) is 8.93. The van der Waals surface area contributed by atoms with Crippen LogP contribution in [0.3, 0.4) is 0 Å². The summed E-state index contributed by atoms with van der Waals surface area (Å²) in [7, 11) is 0. The molecule has 0 spiro atoms. The van der Waals surface area contributed by atoms with Crippen LogP contribution in [0.4, 0.5) is 0 Å². The summed E-state index contributed by atoms with van der Waals surface area (Å²) < 4.78 is 5.42. The van der Waals surface area contributed by atoms with Crippen LogP contribution in [0.5, 0.6) is 0 Å². The number of ether oxygens (including phenoxy) is 1. The van der Waals surface area contributed by atoms with Crippen molar-refractivity contribution in [2.75, 3.05) is 6.61 Å². The first-order chi connectivity index (χ1) is 6.11. The van der Waals surface area contributed by atoms with Crippen molar-refractivity contribution in [1.29, 1.82) is 0 Å². The fourth-order valence-electron chi connectivity index (χ4n) is 1.45. The van der Waals surface area contributed by atoms with Gasteiger partial charge in [0.2, 0.25) is 0 Å². The number of hydrogen-bond donors (Lipinski definition) is 1. The van der Waals surface area contributed by atoms with Crippen LogP contribution < -0.4 is 0 Å². The summed E-state index contributed by atoms with van der Waals surface area (Å²) >= 11 is 0. The van der Waals surface area contributed by atoms with E-state index in [0.29, 0.717) is 18.6 Å². The van der Waals surface area contributed by atoms with Gasteiger partial charge < -0.3 is 9.84 Å². The van der Waals surface area contributed by atoms with Crippen LogP contribution in [0.15, 0.2) is 11.8 Å². The van der Waals surface area contributed by atoms with Crippen LogP contribution >= 0.6 is 0 Å². The van der Waals surface area contributed by atoms with E-state index in [9.17, 15) is 4.79 Å². The lowest BCUT2D eigenvalue weighted by atomic mass is 9.93. The number of rotatable bonds is 3. The maximum atomic E-state index is 11.2. The molecule has 1 aliphatic carbocycles. The molecule has 1 atom stereocenters. The van der Waals surface area contributed by atoms with Crippen molar-refractivity contribution >= 4 is 5.78 Å². The van der Waals surface area contributed by atoms with Gasteiger partial charge in [0.05, 0.1) is 6.10 Å². The maximum absolute atomic E-state index is 11.2. The molecule has 0 saturated heterocycles. The van der Waals surface area contributed by atoms with Crippen LogP contribution in [0, 0.1) is 5.92 Å². The highest BCUT2D eigenvalue weighted by Gasteiger charge is 2.21. The zero-order chi connectivity index (χ0) is 9.84. The summed E-state index contributed by atoms with van der Waals surface area (Å²) in [6.45, 7) is 3.91. The molecule has 1 aliphatic rings. The Morgan fingerprint density at radius 1 is 1.62 bits per heavy atom. The van der Waals surface area contributed by atoms with Gasteiger partial charge in [0.1, 0.15) is 5.76 Å². The van der Waals surface area contributed by atoms with Gasteiger partial charge in [0.15, 0.2) is 5.78 Å². The minimum absolute atomic E-state index is 0.0475. The largest absolute Gasteiger partial charge is 0.495 e. The Morgan fingerprint density at radius 3 is 2.85 bits per heavy atom. The van der Waals surface area contributed by atoms with Crippen molar-refractivity contribution in [1.82, 2.24) is 0 Å². The van der Waals surface area contributed by atoms with E-state index in [2.05, 4.69) is 0 Å². The predicted molar refractivity (Wildman–Crippen MR) is 49.1 cm³/mol. The van der Waals surface area contributed by atoms with E-state index in [1.165, 1.54) is 0 Å². The SMILES string of the molecule is CC(C)OC1=CC(=O)CC(CO)C1. The average Bonchev–Trinajstić information content (AvgIpc) is 2.01. The van der Waals surface area contributed by atoms with Gasteiger partial charge in [-0.3, -0.25) is 4.79 Å². The normalized spacial score (nSPS) is 23.2. The summed E-state index contributed by atoms with van der Waals surface area (Å²) in [4.78, 5) is 11.2. The summed E-state index contributed by atoms with van der Waals surface area (Å²) in [6.07, 6.45) is 2.77. The Labute approximate surface area is 78.4 Å². The summed E-state index contributed by atoms with van der Waals surface area (Å²) in [5.41, 5.74) is 0. The van der Waals surface area contributed by atoms with Crippen LogP contribution in [-0.2, 0) is 9.53 Å². The third kappa shape index (κ3) is 3.19. The van der Waals surface area contributed by atoms with Gasteiger partial charge in [0, 0.05) is 25.5 Å². The van der Waals surface area contributed by atoms with E-state index in [0.717, 1.165) is 0 Å². The first-order valence-electron chi connectivity index (χ1n) is 4.62. The van der Waals surface area contributed by atoms with E-state index in [1.54, 1.807) is 6.08 Å². The molecule has 74 valence electrons. The Kier molecular flexibility index (Phi) is 3.48. The third-order valence-electron chi connectivity index (χ3n) is 1.95. The zero-order valence-electron chi connectivity index (χ0n) is 8.12. The van der Waals surface area contributed by atoms with Crippen LogP contribution in [0.25, 0.3) is 0 Å². The molecular formula is C10H16O3. The molecule has 1 rings (SSSR count). The molecule has 0 saturated carbocycles. The smallest absolute Gasteiger partial charge is 0.159 e. The standard InChI is InChI=1S/C10H16O3/c1-7(2)13-10-4-8(6-11)3-9(12)5-10/h5,7-8,11H,3-4,6H2,1-2H3. The van der Waals surface area contributed by atoms with Gasteiger partial charge >= 0.3 is 0 Å². The zero-order valence-corrected chi connectivity index (χ0v) is 8.12. The number of aliphatic hydroxyl groups excluding tert-OH is 1. The molecule has 0 bridgehead atoms. The minimum atomic E-state index is 0.0475. The Hall–Kier alpha value is -0.830. The van der Waals surface area contributed by atoms with Crippen molar-refractivity contribution in [2.45, 2.75) is 32.8 Å². The average molecular weight is 184 g/mol. The van der Waals surface area contributed by atoms with Crippen molar-refractivity contribution in [3.8, 4) is 0 Å². The summed E-state index contributed by atoms with van der Waals surface area (Å²) in [5.74, 6) is 0.817. The highest BCUT2D eigenvalue weighted by atomic mass is 16.5. The molecular weight excluding hydrogens is 168 g/mol. The lowest BCUT2D eigenvalue weighted by Crippen LogP contribution is -2.19. The number of hydrogen-bond acceptors (Lipinski definition) is 3. The molecule has 0 radical (unpaired) electrons. The quantitative estimate of drug-likeness (QED) is 0.718. The van der Waals surface area contributed by atoms with Crippen molar-refractivity contribution in [3.05, 3.63) is 11.8 Å². The predicted octanol–water partition coefficient (Wildman–Crippen LogP) is 1.27. The van der Waals surface area contributed by atoms with Crippen LogP contribution in [-0.4, -0.2) is 23.6 Å². The van der Waals surface area contributed by atoms with Gasteiger partial charge in [-0.15, -0.1) is 0 Å². The van der Waals surface area contributed by atoms with Gasteiger partial charge in [-0.1, -0.05) is 0 Å². The van der Waals surface area contributed by atoms with Gasteiger partial charge in [-0.2, -0.15) is 0 Å². The summed E-state index contributed by atoms with van der Waals surface area (Å²) in [6, 6.07) is 0. The Balaban J connectivity index is 2.58. The van der Waals surface area contributed by atoms with Gasteiger partial charge in [-0.05, 0) is 19.8 Å². The monoisotopic (exact) mass is 184 g/mol. The second kappa shape index (κ2) is 4.42.